The van der Waals surface area contributed by atoms with Crippen molar-refractivity contribution in [2.24, 2.45) is 0 Å². The van der Waals surface area contributed by atoms with Gasteiger partial charge >= 0.3 is 0 Å². The van der Waals surface area contributed by atoms with Crippen molar-refractivity contribution >= 4 is 0 Å². The molecule has 4 aromatic rings. The van der Waals surface area contributed by atoms with E-state index in [9.17, 15) is 0 Å². The molecule has 0 spiro atoms. The molecule has 0 aliphatic rings. The molecule has 0 aliphatic heterocycles. The lowest BCUT2D eigenvalue weighted by molar-refractivity contribution is 0.456. The summed E-state index contributed by atoms with van der Waals surface area (Å²) in [5.74, 6) is 3.48. The Morgan fingerprint density at radius 3 is 1.72 bits per heavy atom. The lowest BCUT2D eigenvalue weighted by Gasteiger charge is -2.25. The summed E-state index contributed by atoms with van der Waals surface area (Å²) in [6.45, 7) is 4.63. The van der Waals surface area contributed by atoms with E-state index in [-0.39, 0.29) is 5.41 Å². The van der Waals surface area contributed by atoms with E-state index < -0.39 is 0 Å². The number of hydrogen-bond donors (Lipinski definition) is 0. The molecular formula is C30H30O2. The highest BCUT2D eigenvalue weighted by Gasteiger charge is 2.20. The highest BCUT2D eigenvalue weighted by molar-refractivity contribution is 5.36. The second-order valence-electron chi connectivity index (χ2n) is 8.74. The maximum Gasteiger partial charge on any atom is 0.127 e. The first-order valence-electron chi connectivity index (χ1n) is 11.2. The fourth-order valence-corrected chi connectivity index (χ4v) is 3.87. The van der Waals surface area contributed by atoms with E-state index in [0.717, 1.165) is 42.3 Å². The molecule has 0 saturated carbocycles. The third-order valence-corrected chi connectivity index (χ3v) is 5.76. The number of ether oxygens (including phenoxy) is 2. The van der Waals surface area contributed by atoms with E-state index in [1.165, 1.54) is 11.1 Å². The summed E-state index contributed by atoms with van der Waals surface area (Å²) in [5, 5.41) is 0. The number of rotatable bonds is 9. The predicted octanol–water partition coefficient (Wildman–Crippen LogP) is 8.57. The Balaban J connectivity index is 1.32. The molecule has 0 saturated heterocycles. The van der Waals surface area contributed by atoms with E-state index in [4.69, 9.17) is 9.47 Å². The Morgan fingerprint density at radius 2 is 1.09 bits per heavy atom. The summed E-state index contributed by atoms with van der Waals surface area (Å²) in [6, 6.07) is 36.7. The predicted molar refractivity (Wildman–Crippen MR) is 132 cm³/mol. The van der Waals surface area contributed by atoms with Crippen LogP contribution in [0.1, 0.15) is 37.8 Å². The molecule has 0 fully saturated rings. The maximum absolute atomic E-state index is 5.98. The minimum absolute atomic E-state index is 0.101. The first kappa shape index (κ1) is 21.7. The third-order valence-electron chi connectivity index (χ3n) is 5.76. The SMILES string of the molecule is CC(C)(CCCc1cccc(Oc2ccccc2)c1)c1ccc(Oc2ccccc2)cc1. The van der Waals surface area contributed by atoms with Crippen molar-refractivity contribution in [2.45, 2.75) is 38.5 Å². The van der Waals surface area contributed by atoms with E-state index in [1.807, 2.05) is 66.7 Å². The molecule has 2 nitrogen and oxygen atoms in total. The standard InChI is InChI=1S/C30H30O2/c1-30(2,25-18-20-28(21-19-25)31-26-13-5-3-6-14-26)22-10-12-24-11-9-17-29(23-24)32-27-15-7-4-8-16-27/h3-9,11,13-21,23H,10,12,22H2,1-2H3. The molecular weight excluding hydrogens is 392 g/mol. The zero-order valence-corrected chi connectivity index (χ0v) is 18.8. The van der Waals surface area contributed by atoms with E-state index in [2.05, 4.69) is 56.3 Å². The summed E-state index contributed by atoms with van der Waals surface area (Å²) in [5.41, 5.74) is 2.74. The summed E-state index contributed by atoms with van der Waals surface area (Å²) in [7, 11) is 0. The molecule has 4 aromatic carbocycles. The van der Waals surface area contributed by atoms with Crippen molar-refractivity contribution < 1.29 is 9.47 Å². The molecule has 0 heterocycles. The van der Waals surface area contributed by atoms with Crippen LogP contribution >= 0.6 is 0 Å². The zero-order valence-electron chi connectivity index (χ0n) is 18.8. The van der Waals surface area contributed by atoms with Crippen molar-refractivity contribution in [3.63, 3.8) is 0 Å². The first-order chi connectivity index (χ1) is 15.6. The third kappa shape index (κ3) is 6.01. The lowest BCUT2D eigenvalue weighted by atomic mass is 9.80. The van der Waals surface area contributed by atoms with Gasteiger partial charge in [-0.05, 0) is 84.3 Å². The van der Waals surface area contributed by atoms with Gasteiger partial charge in [-0.25, -0.2) is 0 Å². The maximum atomic E-state index is 5.98. The molecule has 0 unspecified atom stereocenters. The fraction of sp³-hybridized carbons (Fsp3) is 0.200. The monoisotopic (exact) mass is 422 g/mol. The zero-order chi connectivity index (χ0) is 22.2. The van der Waals surface area contributed by atoms with Crippen LogP contribution in [-0.4, -0.2) is 0 Å². The molecule has 32 heavy (non-hydrogen) atoms. The van der Waals surface area contributed by atoms with Crippen molar-refractivity contribution in [1.29, 1.82) is 0 Å². The fourth-order valence-electron chi connectivity index (χ4n) is 3.87. The largest absolute Gasteiger partial charge is 0.457 e. The van der Waals surface area contributed by atoms with Gasteiger partial charge in [0.15, 0.2) is 0 Å². The van der Waals surface area contributed by atoms with Crippen LogP contribution in [-0.2, 0) is 11.8 Å². The van der Waals surface area contributed by atoms with Crippen LogP contribution < -0.4 is 9.47 Å². The number of para-hydroxylation sites is 2. The second-order valence-corrected chi connectivity index (χ2v) is 8.74. The highest BCUT2D eigenvalue weighted by atomic mass is 16.5. The molecule has 0 atom stereocenters. The van der Waals surface area contributed by atoms with Gasteiger partial charge in [0.05, 0.1) is 0 Å². The summed E-state index contributed by atoms with van der Waals surface area (Å²) < 4.78 is 11.9. The normalized spacial score (nSPS) is 11.2. The van der Waals surface area contributed by atoms with Gasteiger partial charge in [-0.1, -0.05) is 74.5 Å². The molecule has 0 N–H and O–H groups in total. The minimum Gasteiger partial charge on any atom is -0.457 e. The van der Waals surface area contributed by atoms with Crippen LogP contribution in [0.4, 0.5) is 0 Å². The van der Waals surface area contributed by atoms with Crippen molar-refractivity contribution in [3.05, 3.63) is 120 Å². The molecule has 2 heteroatoms. The average molecular weight is 423 g/mol. The number of aryl methyl sites for hydroxylation is 1. The van der Waals surface area contributed by atoms with Gasteiger partial charge in [-0.2, -0.15) is 0 Å². The van der Waals surface area contributed by atoms with Gasteiger partial charge in [0.25, 0.3) is 0 Å². The molecule has 162 valence electrons. The van der Waals surface area contributed by atoms with Crippen molar-refractivity contribution in [3.8, 4) is 23.0 Å². The molecule has 0 aliphatic carbocycles. The Bertz CT molecular complexity index is 1100. The smallest absolute Gasteiger partial charge is 0.127 e. The van der Waals surface area contributed by atoms with Gasteiger partial charge in [-0.15, -0.1) is 0 Å². The Labute approximate surface area is 191 Å². The lowest BCUT2D eigenvalue weighted by Crippen LogP contribution is -2.17. The van der Waals surface area contributed by atoms with Gasteiger partial charge in [-0.3, -0.25) is 0 Å². The van der Waals surface area contributed by atoms with Crippen LogP contribution in [0.25, 0.3) is 0 Å². The highest BCUT2D eigenvalue weighted by Crippen LogP contribution is 2.32. The quantitative estimate of drug-likeness (QED) is 0.269. The van der Waals surface area contributed by atoms with Gasteiger partial charge in [0.1, 0.15) is 23.0 Å². The van der Waals surface area contributed by atoms with Crippen LogP contribution in [0, 0.1) is 0 Å². The Kier molecular flexibility index (Phi) is 6.91. The Morgan fingerprint density at radius 1 is 0.562 bits per heavy atom. The van der Waals surface area contributed by atoms with Gasteiger partial charge in [0.2, 0.25) is 0 Å². The van der Waals surface area contributed by atoms with E-state index in [1.54, 1.807) is 0 Å². The molecule has 4 rings (SSSR count). The number of benzene rings is 4. The van der Waals surface area contributed by atoms with Crippen LogP contribution in [0.2, 0.25) is 0 Å². The van der Waals surface area contributed by atoms with Gasteiger partial charge < -0.3 is 9.47 Å². The molecule has 0 bridgehead atoms. The molecule has 0 amide bonds. The van der Waals surface area contributed by atoms with Crippen LogP contribution in [0.3, 0.4) is 0 Å². The first-order valence-corrected chi connectivity index (χ1v) is 11.2. The van der Waals surface area contributed by atoms with Crippen LogP contribution in [0.15, 0.2) is 109 Å². The topological polar surface area (TPSA) is 18.5 Å². The minimum atomic E-state index is 0.101. The summed E-state index contributed by atoms with van der Waals surface area (Å²) in [6.07, 6.45) is 3.25. The second kappa shape index (κ2) is 10.2. The Hall–Kier alpha value is -3.52. The van der Waals surface area contributed by atoms with Crippen molar-refractivity contribution in [2.75, 3.05) is 0 Å². The van der Waals surface area contributed by atoms with Crippen LogP contribution in [0.5, 0.6) is 23.0 Å². The molecule has 0 radical (unpaired) electrons. The van der Waals surface area contributed by atoms with E-state index in [0.29, 0.717) is 0 Å². The van der Waals surface area contributed by atoms with Gasteiger partial charge in [0, 0.05) is 0 Å². The molecule has 0 aromatic heterocycles. The average Bonchev–Trinajstić information content (AvgIpc) is 2.81. The van der Waals surface area contributed by atoms with E-state index >= 15 is 0 Å². The summed E-state index contributed by atoms with van der Waals surface area (Å²) in [4.78, 5) is 0. The summed E-state index contributed by atoms with van der Waals surface area (Å²) >= 11 is 0. The van der Waals surface area contributed by atoms with Crippen molar-refractivity contribution in [1.82, 2.24) is 0 Å². The number of hydrogen-bond acceptors (Lipinski definition) is 2.